The lowest BCUT2D eigenvalue weighted by Gasteiger charge is -2.01. The second kappa shape index (κ2) is 4.23. The lowest BCUT2D eigenvalue weighted by atomic mass is 10.2. The standard InChI is InChI=1S/C12H10N2S2/c1-2-4-11-10(3-1)12(16-14-11)13-7-9-5-6-15-8-9/h1-6,8,13H,7H2. The van der Waals surface area contributed by atoms with Crippen LogP contribution in [0.15, 0.2) is 41.1 Å². The number of benzene rings is 1. The number of hydrogen-bond acceptors (Lipinski definition) is 4. The van der Waals surface area contributed by atoms with Crippen LogP contribution < -0.4 is 5.32 Å². The summed E-state index contributed by atoms with van der Waals surface area (Å²) in [6, 6.07) is 10.4. The van der Waals surface area contributed by atoms with E-state index >= 15 is 0 Å². The summed E-state index contributed by atoms with van der Waals surface area (Å²) < 4.78 is 4.40. The topological polar surface area (TPSA) is 24.9 Å². The highest BCUT2D eigenvalue weighted by Gasteiger charge is 2.04. The second-order valence-corrected chi connectivity index (χ2v) is 5.07. The van der Waals surface area contributed by atoms with Crippen LogP contribution >= 0.6 is 22.9 Å². The van der Waals surface area contributed by atoms with Crippen molar-refractivity contribution in [2.45, 2.75) is 6.54 Å². The first-order valence-electron chi connectivity index (χ1n) is 5.03. The van der Waals surface area contributed by atoms with E-state index in [4.69, 9.17) is 0 Å². The normalized spacial score (nSPS) is 10.8. The molecule has 0 bridgehead atoms. The number of anilines is 1. The van der Waals surface area contributed by atoms with Crippen LogP contribution in [0.3, 0.4) is 0 Å². The van der Waals surface area contributed by atoms with Gasteiger partial charge < -0.3 is 5.32 Å². The van der Waals surface area contributed by atoms with Gasteiger partial charge in [0.25, 0.3) is 0 Å². The van der Waals surface area contributed by atoms with Gasteiger partial charge in [0.15, 0.2) is 0 Å². The van der Waals surface area contributed by atoms with Crippen LogP contribution in [0.25, 0.3) is 10.9 Å². The third kappa shape index (κ3) is 1.81. The van der Waals surface area contributed by atoms with Gasteiger partial charge in [-0.25, -0.2) is 0 Å². The second-order valence-electron chi connectivity index (χ2n) is 3.51. The summed E-state index contributed by atoms with van der Waals surface area (Å²) in [6.07, 6.45) is 0. The number of hydrogen-bond donors (Lipinski definition) is 1. The van der Waals surface area contributed by atoms with Gasteiger partial charge in [-0.05, 0) is 46.1 Å². The fourth-order valence-electron chi connectivity index (χ4n) is 1.59. The van der Waals surface area contributed by atoms with Crippen molar-refractivity contribution < 1.29 is 0 Å². The molecule has 2 heterocycles. The minimum Gasteiger partial charge on any atom is -0.371 e. The quantitative estimate of drug-likeness (QED) is 0.756. The van der Waals surface area contributed by atoms with Crippen molar-refractivity contribution in [1.29, 1.82) is 0 Å². The number of nitrogens with one attached hydrogen (secondary N) is 1. The zero-order valence-electron chi connectivity index (χ0n) is 8.51. The molecule has 1 N–H and O–H groups in total. The molecule has 0 spiro atoms. The van der Waals surface area contributed by atoms with E-state index in [1.165, 1.54) is 22.5 Å². The molecule has 0 amide bonds. The van der Waals surface area contributed by atoms with Crippen molar-refractivity contribution in [3.63, 3.8) is 0 Å². The largest absolute Gasteiger partial charge is 0.371 e. The first-order valence-corrected chi connectivity index (χ1v) is 6.74. The molecule has 0 fully saturated rings. The molecule has 4 heteroatoms. The van der Waals surface area contributed by atoms with Crippen LogP contribution in [0.2, 0.25) is 0 Å². The molecule has 0 aliphatic heterocycles. The van der Waals surface area contributed by atoms with E-state index in [-0.39, 0.29) is 0 Å². The van der Waals surface area contributed by atoms with Crippen molar-refractivity contribution in [1.82, 2.24) is 4.37 Å². The van der Waals surface area contributed by atoms with E-state index < -0.39 is 0 Å². The molecule has 16 heavy (non-hydrogen) atoms. The highest BCUT2D eigenvalue weighted by molar-refractivity contribution is 7.11. The Hall–Kier alpha value is -1.39. The van der Waals surface area contributed by atoms with Gasteiger partial charge in [-0.15, -0.1) is 0 Å². The lowest BCUT2D eigenvalue weighted by molar-refractivity contribution is 1.18. The molecular formula is C12H10N2S2. The number of nitrogens with zero attached hydrogens (tertiary/aromatic N) is 1. The Labute approximate surface area is 102 Å². The lowest BCUT2D eigenvalue weighted by Crippen LogP contribution is -1.95. The third-order valence-corrected chi connectivity index (χ3v) is 3.98. The van der Waals surface area contributed by atoms with E-state index in [1.807, 2.05) is 18.2 Å². The molecule has 3 aromatic rings. The number of rotatable bonds is 3. The van der Waals surface area contributed by atoms with E-state index in [0.717, 1.165) is 17.1 Å². The molecule has 0 saturated heterocycles. The molecule has 0 aliphatic rings. The maximum Gasteiger partial charge on any atom is 0.117 e. The molecule has 0 radical (unpaired) electrons. The fraction of sp³-hybridized carbons (Fsp3) is 0.0833. The summed E-state index contributed by atoms with van der Waals surface area (Å²) in [6.45, 7) is 0.871. The summed E-state index contributed by atoms with van der Waals surface area (Å²) in [5, 5.41) is 10.1. The molecule has 2 nitrogen and oxygen atoms in total. The average Bonchev–Trinajstić information content (AvgIpc) is 2.96. The van der Waals surface area contributed by atoms with Gasteiger partial charge in [-0.1, -0.05) is 12.1 Å². The van der Waals surface area contributed by atoms with E-state index in [1.54, 1.807) is 11.3 Å². The maximum atomic E-state index is 4.40. The van der Waals surface area contributed by atoms with Crippen LogP contribution in [-0.2, 0) is 6.54 Å². The predicted octanol–water partition coefficient (Wildman–Crippen LogP) is 3.97. The number of fused-ring (bicyclic) bond motifs is 1. The predicted molar refractivity (Wildman–Crippen MR) is 71.3 cm³/mol. The van der Waals surface area contributed by atoms with Crippen LogP contribution in [0.4, 0.5) is 5.00 Å². The van der Waals surface area contributed by atoms with E-state index in [2.05, 4.69) is 32.6 Å². The van der Waals surface area contributed by atoms with Crippen molar-refractivity contribution in [3.05, 3.63) is 46.7 Å². The maximum absolute atomic E-state index is 4.40. The Kier molecular flexibility index (Phi) is 2.60. The smallest absolute Gasteiger partial charge is 0.117 e. The Bertz CT molecular complexity index is 584. The first-order chi connectivity index (χ1) is 7.93. The zero-order chi connectivity index (χ0) is 10.8. The van der Waals surface area contributed by atoms with E-state index in [0.29, 0.717) is 0 Å². The number of aromatic nitrogens is 1. The minimum atomic E-state index is 0.871. The van der Waals surface area contributed by atoms with Crippen LogP contribution in [0, 0.1) is 0 Å². The molecule has 0 saturated carbocycles. The molecule has 2 aromatic heterocycles. The molecular weight excluding hydrogens is 236 g/mol. The fourth-order valence-corrected chi connectivity index (χ4v) is 3.02. The Morgan fingerprint density at radius 2 is 2.12 bits per heavy atom. The Morgan fingerprint density at radius 1 is 1.19 bits per heavy atom. The number of thiophene rings is 1. The molecule has 0 aliphatic carbocycles. The summed E-state index contributed by atoms with van der Waals surface area (Å²) in [5.41, 5.74) is 2.39. The van der Waals surface area contributed by atoms with Gasteiger partial charge in [0.2, 0.25) is 0 Å². The summed E-state index contributed by atoms with van der Waals surface area (Å²) >= 11 is 3.26. The van der Waals surface area contributed by atoms with Gasteiger partial charge in [-0.2, -0.15) is 15.7 Å². The van der Waals surface area contributed by atoms with Gasteiger partial charge in [-0.3, -0.25) is 0 Å². The molecule has 80 valence electrons. The third-order valence-electron chi connectivity index (χ3n) is 2.42. The Morgan fingerprint density at radius 3 is 3.00 bits per heavy atom. The van der Waals surface area contributed by atoms with Crippen molar-refractivity contribution in [2.75, 3.05) is 5.32 Å². The molecule has 1 aromatic carbocycles. The molecule has 3 rings (SSSR count). The van der Waals surface area contributed by atoms with Crippen molar-refractivity contribution >= 4 is 38.8 Å². The summed E-state index contributed by atoms with van der Waals surface area (Å²) in [4.78, 5) is 0. The summed E-state index contributed by atoms with van der Waals surface area (Å²) in [5.74, 6) is 0. The Balaban J connectivity index is 1.84. The molecule has 0 unspecified atom stereocenters. The minimum absolute atomic E-state index is 0.871. The average molecular weight is 246 g/mol. The first kappa shape index (κ1) is 9.81. The van der Waals surface area contributed by atoms with Gasteiger partial charge in [0.05, 0.1) is 5.52 Å². The van der Waals surface area contributed by atoms with E-state index in [9.17, 15) is 0 Å². The highest BCUT2D eigenvalue weighted by Crippen LogP contribution is 2.27. The molecule has 0 atom stereocenters. The zero-order valence-corrected chi connectivity index (χ0v) is 10.1. The van der Waals surface area contributed by atoms with Gasteiger partial charge in [0.1, 0.15) is 5.00 Å². The SMILES string of the molecule is c1ccc2c(NCc3ccsc3)snc2c1. The highest BCUT2D eigenvalue weighted by atomic mass is 32.1. The van der Waals surface area contributed by atoms with Crippen molar-refractivity contribution in [2.24, 2.45) is 0 Å². The van der Waals surface area contributed by atoms with Gasteiger partial charge in [0, 0.05) is 11.9 Å². The van der Waals surface area contributed by atoms with Crippen LogP contribution in [0.5, 0.6) is 0 Å². The summed E-state index contributed by atoms with van der Waals surface area (Å²) in [7, 11) is 0. The van der Waals surface area contributed by atoms with Gasteiger partial charge >= 0.3 is 0 Å². The van der Waals surface area contributed by atoms with Crippen LogP contribution in [-0.4, -0.2) is 4.37 Å². The monoisotopic (exact) mass is 246 g/mol. The van der Waals surface area contributed by atoms with Crippen LogP contribution in [0.1, 0.15) is 5.56 Å². The van der Waals surface area contributed by atoms with Crippen molar-refractivity contribution in [3.8, 4) is 0 Å².